The smallest absolute Gasteiger partial charge is 0.295 e. The van der Waals surface area contributed by atoms with Gasteiger partial charge in [-0.25, -0.2) is 33.1 Å². The van der Waals surface area contributed by atoms with Crippen LogP contribution < -0.4 is 10.6 Å². The van der Waals surface area contributed by atoms with Crippen molar-refractivity contribution in [3.05, 3.63) is 143 Å². The highest BCUT2D eigenvalue weighted by Crippen LogP contribution is 2.34. The summed E-state index contributed by atoms with van der Waals surface area (Å²) in [6.45, 7) is 3.38. The fraction of sp³-hybridized carbons (Fsp3) is 0.280. The Kier molecular flexibility index (Phi) is 12.5. The van der Waals surface area contributed by atoms with E-state index in [2.05, 4.69) is 42.5 Å². The summed E-state index contributed by atoms with van der Waals surface area (Å²) in [6, 6.07) is 20.4. The molecule has 2 saturated heterocycles. The van der Waals surface area contributed by atoms with Crippen molar-refractivity contribution >= 4 is 57.6 Å². The van der Waals surface area contributed by atoms with Gasteiger partial charge in [0.1, 0.15) is 28.5 Å². The summed E-state index contributed by atoms with van der Waals surface area (Å²) in [7, 11) is 0. The first-order chi connectivity index (χ1) is 33.0. The lowest BCUT2D eigenvalue weighted by Gasteiger charge is -2.41. The molecule has 68 heavy (non-hydrogen) atoms. The predicted octanol–water partition coefficient (Wildman–Crippen LogP) is 9.88. The lowest BCUT2D eigenvalue weighted by molar-refractivity contribution is 0.0515. The van der Waals surface area contributed by atoms with Crippen molar-refractivity contribution in [1.82, 2.24) is 39.7 Å². The van der Waals surface area contributed by atoms with Gasteiger partial charge in [-0.3, -0.25) is 9.59 Å². The van der Waals surface area contributed by atoms with E-state index in [1.807, 2.05) is 0 Å². The van der Waals surface area contributed by atoms with Crippen LogP contribution in [-0.2, 0) is 6.42 Å². The molecule has 4 atom stereocenters. The third-order valence-corrected chi connectivity index (χ3v) is 13.1. The van der Waals surface area contributed by atoms with Gasteiger partial charge in [-0.2, -0.15) is 9.97 Å². The lowest BCUT2D eigenvalue weighted by Crippen LogP contribution is -2.52. The van der Waals surface area contributed by atoms with Gasteiger partial charge in [0.2, 0.25) is 0 Å². The van der Waals surface area contributed by atoms with E-state index in [1.165, 1.54) is 54.6 Å². The number of likely N-dealkylation sites (tertiary alicyclic amines) is 2. The first kappa shape index (κ1) is 44.4. The topological polar surface area (TPSA) is 168 Å². The second kappa shape index (κ2) is 19.1. The third kappa shape index (κ3) is 9.30. The fourth-order valence-electron chi connectivity index (χ4n) is 9.48. The lowest BCUT2D eigenvalue weighted by atomic mass is 9.84. The van der Waals surface area contributed by atoms with Crippen molar-refractivity contribution in [3.63, 3.8) is 0 Å². The van der Waals surface area contributed by atoms with Crippen LogP contribution in [0.15, 0.2) is 112 Å². The molecule has 0 radical (unpaired) electrons. The molecule has 2 aliphatic heterocycles. The fourth-order valence-corrected chi connectivity index (χ4v) is 9.64. The van der Waals surface area contributed by atoms with E-state index in [0.717, 1.165) is 12.8 Å². The van der Waals surface area contributed by atoms with Gasteiger partial charge in [-0.15, -0.1) is 0 Å². The molecule has 0 unspecified atom stereocenters. The highest BCUT2D eigenvalue weighted by Gasteiger charge is 2.37. The quantitative estimate of drug-likeness (QED) is 0.119. The van der Waals surface area contributed by atoms with Crippen molar-refractivity contribution < 1.29 is 31.6 Å². The first-order valence-electron chi connectivity index (χ1n) is 22.5. The molecular weight excluding hydrogens is 897 g/mol. The zero-order chi connectivity index (χ0) is 46.9. The third-order valence-electron chi connectivity index (χ3n) is 12.8. The Morgan fingerprint density at radius 2 is 1.26 bits per heavy atom. The summed E-state index contributed by atoms with van der Waals surface area (Å²) in [5, 5.41) is 7.00. The Balaban J connectivity index is 0.932. The number of carbonyl (C=O) groups is 2. The molecule has 346 valence electrons. The Morgan fingerprint density at radius 1 is 0.662 bits per heavy atom. The van der Waals surface area contributed by atoms with Gasteiger partial charge in [-0.05, 0) is 117 Å². The van der Waals surface area contributed by atoms with Crippen LogP contribution in [0.5, 0.6) is 0 Å². The zero-order valence-electron chi connectivity index (χ0n) is 36.7. The first-order valence-corrected chi connectivity index (χ1v) is 22.8. The SMILES string of the molecule is C[C@@H]1CCCN(C(=O)c2cc(F)ccc2-c2nccc(C[C@@H]3CCCN(C(=O)c4cc(F)ccc4-c4ncccn4)[C@@H]3CNc3nc4ccc(Cl)cc4o3)n2)[C@@H]1CNc1nc2cc(F)ccc2o1. The number of anilines is 2. The summed E-state index contributed by atoms with van der Waals surface area (Å²) < 4.78 is 55.8. The molecule has 18 heteroatoms. The number of aromatic nitrogens is 6. The van der Waals surface area contributed by atoms with Crippen LogP contribution in [0.4, 0.5) is 25.2 Å². The minimum absolute atomic E-state index is 0.0725. The molecule has 0 saturated carbocycles. The number of hydrogen-bond donors (Lipinski definition) is 2. The number of piperidine rings is 2. The molecule has 2 N–H and O–H groups in total. The Morgan fingerprint density at radius 3 is 2.00 bits per heavy atom. The van der Waals surface area contributed by atoms with Gasteiger partial charge in [0.25, 0.3) is 23.8 Å². The van der Waals surface area contributed by atoms with E-state index < -0.39 is 29.4 Å². The van der Waals surface area contributed by atoms with Crippen molar-refractivity contribution in [2.24, 2.45) is 11.8 Å². The number of nitrogens with one attached hydrogen (secondary N) is 2. The molecule has 2 aliphatic rings. The maximum absolute atomic E-state index is 15.2. The molecule has 4 aromatic heterocycles. The molecule has 8 aromatic rings. The molecule has 0 spiro atoms. The average Bonchev–Trinajstić information content (AvgIpc) is 3.95. The Labute approximate surface area is 393 Å². The number of benzene rings is 4. The largest absolute Gasteiger partial charge is 0.424 e. The maximum atomic E-state index is 15.2. The predicted molar refractivity (Wildman–Crippen MR) is 249 cm³/mol. The van der Waals surface area contributed by atoms with E-state index in [4.69, 9.17) is 25.4 Å². The van der Waals surface area contributed by atoms with E-state index in [1.54, 1.807) is 58.7 Å². The molecule has 10 rings (SSSR count). The van der Waals surface area contributed by atoms with E-state index >= 15 is 4.39 Å². The normalized spacial score (nSPS) is 18.5. The number of halogens is 4. The van der Waals surface area contributed by atoms with E-state index in [0.29, 0.717) is 76.4 Å². The molecular formula is C50H44ClF3N10O4. The highest BCUT2D eigenvalue weighted by molar-refractivity contribution is 6.31. The van der Waals surface area contributed by atoms with Crippen LogP contribution >= 0.6 is 11.6 Å². The summed E-state index contributed by atoms with van der Waals surface area (Å²) in [5.74, 6) is -1.95. The maximum Gasteiger partial charge on any atom is 0.295 e. The summed E-state index contributed by atoms with van der Waals surface area (Å²) in [6.07, 6.45) is 8.09. The number of oxazole rings is 2. The van der Waals surface area contributed by atoms with Gasteiger partial charge < -0.3 is 29.3 Å². The second-order valence-electron chi connectivity index (χ2n) is 17.2. The number of rotatable bonds is 12. The van der Waals surface area contributed by atoms with Crippen LogP contribution in [-0.4, -0.2) is 89.8 Å². The van der Waals surface area contributed by atoms with Crippen molar-refractivity contribution in [1.29, 1.82) is 0 Å². The highest BCUT2D eigenvalue weighted by atomic mass is 35.5. The van der Waals surface area contributed by atoms with Crippen molar-refractivity contribution in [2.75, 3.05) is 36.8 Å². The number of nitrogens with zero attached hydrogens (tertiary/aromatic N) is 8. The number of fused-ring (bicyclic) bond motifs is 2. The summed E-state index contributed by atoms with van der Waals surface area (Å²) >= 11 is 6.23. The van der Waals surface area contributed by atoms with Gasteiger partial charge in [0, 0.05) is 78.7 Å². The summed E-state index contributed by atoms with van der Waals surface area (Å²) in [4.78, 5) is 60.1. The molecule has 0 bridgehead atoms. The molecule has 6 heterocycles. The average molecular weight is 941 g/mol. The van der Waals surface area contributed by atoms with E-state index in [9.17, 15) is 18.4 Å². The Bertz CT molecular complexity index is 3150. The molecule has 14 nitrogen and oxygen atoms in total. The van der Waals surface area contributed by atoms with Crippen molar-refractivity contribution in [3.8, 4) is 22.8 Å². The molecule has 4 aromatic carbocycles. The van der Waals surface area contributed by atoms with Crippen LogP contribution in [0.25, 0.3) is 45.0 Å². The molecule has 0 aliphatic carbocycles. The van der Waals surface area contributed by atoms with Crippen LogP contribution in [0.2, 0.25) is 5.02 Å². The van der Waals surface area contributed by atoms with Gasteiger partial charge in [-0.1, -0.05) is 18.5 Å². The standard InChI is InChI=1S/C50H44ClF3N10O4/c1-28-5-2-19-63(41(28)26-58-50-62-40-25-33(54)10-14-43(40)67-50)47(65)38-24-32(53)9-12-36(38)46-57-18-15-34(60-46)21-29-6-3-20-64(42(29)27-59-49-61-39-13-7-30(51)22-44(39)68-49)48(66)37-23-31(52)8-11-35(37)45-55-16-4-17-56-45/h4,7-18,22-25,28-29,41-42H,2-3,5-6,19-21,26-27H2,1H3,(H,58,62)(H,59,61)/t28-,29+,41-,42-/m1/s1. The van der Waals surface area contributed by atoms with Crippen LogP contribution in [0, 0.1) is 29.3 Å². The number of hydrogen-bond acceptors (Lipinski definition) is 12. The van der Waals surface area contributed by atoms with Crippen LogP contribution in [0.3, 0.4) is 0 Å². The van der Waals surface area contributed by atoms with Crippen molar-refractivity contribution in [2.45, 2.75) is 51.1 Å². The molecule has 2 amide bonds. The summed E-state index contributed by atoms with van der Waals surface area (Å²) in [5.41, 5.74) is 3.52. The monoisotopic (exact) mass is 940 g/mol. The van der Waals surface area contributed by atoms with Crippen LogP contribution in [0.1, 0.15) is 59.0 Å². The van der Waals surface area contributed by atoms with Gasteiger partial charge in [0.15, 0.2) is 22.8 Å². The minimum Gasteiger partial charge on any atom is -0.424 e. The van der Waals surface area contributed by atoms with Gasteiger partial charge in [0.05, 0.1) is 23.2 Å². The van der Waals surface area contributed by atoms with Gasteiger partial charge >= 0.3 is 0 Å². The van der Waals surface area contributed by atoms with E-state index in [-0.39, 0.29) is 71.7 Å². The minimum atomic E-state index is -0.587. The number of amides is 2. The zero-order valence-corrected chi connectivity index (χ0v) is 37.5. The molecule has 2 fully saturated rings. The second-order valence-corrected chi connectivity index (χ2v) is 17.6. The Hall–Kier alpha value is -7.40. The number of carbonyl (C=O) groups excluding carboxylic acids is 2.